The lowest BCUT2D eigenvalue weighted by atomic mass is 10.1. The first kappa shape index (κ1) is 28.9. The Morgan fingerprint density at radius 3 is 2.17 bits per heavy atom. The Hall–Kier alpha value is -2.32. The number of carbonyl (C=O) groups is 3. The van der Waals surface area contributed by atoms with Gasteiger partial charge in [0.2, 0.25) is 11.8 Å². The number of hydrogen-bond donors (Lipinski definition) is 2. The quantitative estimate of drug-likeness (QED) is 0.303. The van der Waals surface area contributed by atoms with Crippen molar-refractivity contribution in [1.29, 1.82) is 0 Å². The lowest BCUT2D eigenvalue weighted by Crippen LogP contribution is -2.33. The second kappa shape index (κ2) is 20.4. The van der Waals surface area contributed by atoms with Gasteiger partial charge in [0.05, 0.1) is 11.9 Å². The smallest absolute Gasteiger partial charge is 0.220 e. The van der Waals surface area contributed by atoms with Gasteiger partial charge in [-0.2, -0.15) is 0 Å². The number of nitrogens with one attached hydrogen (secondary N) is 1. The molecule has 0 fully saturated rings. The number of hydrogen-bond acceptors (Lipinski definition) is 3. The van der Waals surface area contributed by atoms with Crippen LogP contribution in [-0.2, 0) is 20.8 Å². The molecule has 0 aliphatic rings. The van der Waals surface area contributed by atoms with Crippen molar-refractivity contribution in [2.75, 3.05) is 6.54 Å². The normalized spacial score (nSPS) is 10.4. The number of ketones is 1. The minimum absolute atomic E-state index is 0.0384. The minimum Gasteiger partial charge on any atom is -0.370 e. The molecule has 0 spiro atoms. The Morgan fingerprint density at radius 1 is 1.07 bits per heavy atom. The van der Waals surface area contributed by atoms with E-state index in [2.05, 4.69) is 30.8 Å². The van der Waals surface area contributed by atoms with E-state index in [1.54, 1.807) is 0 Å². The van der Waals surface area contributed by atoms with E-state index in [0.29, 0.717) is 12.8 Å². The summed E-state index contributed by atoms with van der Waals surface area (Å²) in [5.74, 6) is -0.497. The van der Waals surface area contributed by atoms with E-state index in [0.717, 1.165) is 19.3 Å². The number of Topliss-reactive ketones (excluding diaryl/α,β-unsaturated/α-hetero) is 1. The van der Waals surface area contributed by atoms with Crippen LogP contribution >= 0.6 is 11.6 Å². The first-order chi connectivity index (χ1) is 13.9. The zero-order valence-electron chi connectivity index (χ0n) is 17.7. The first-order valence-electron chi connectivity index (χ1n) is 9.93. The molecule has 162 valence electrons. The number of carbonyl (C=O) groups excluding carboxylic acids is 3. The monoisotopic (exact) mass is 422 g/mol. The molecular weight excluding hydrogens is 388 g/mol. The third-order valence-electron chi connectivity index (χ3n) is 3.85. The highest BCUT2D eigenvalue weighted by Gasteiger charge is 2.15. The Kier molecular flexibility index (Phi) is 20.3. The van der Waals surface area contributed by atoms with Crippen molar-refractivity contribution < 1.29 is 14.4 Å². The summed E-state index contributed by atoms with van der Waals surface area (Å²) in [7, 11) is 0. The number of halogens is 1. The van der Waals surface area contributed by atoms with E-state index in [-0.39, 0.29) is 24.1 Å². The summed E-state index contributed by atoms with van der Waals surface area (Å²) >= 11 is 6.13. The summed E-state index contributed by atoms with van der Waals surface area (Å²) in [6.45, 7) is 3.51. The summed E-state index contributed by atoms with van der Waals surface area (Å²) in [6.07, 6.45) is 15.4. The maximum absolute atomic E-state index is 11.9. The largest absolute Gasteiger partial charge is 0.370 e. The molecular formula is C23H35ClN2O3. The summed E-state index contributed by atoms with van der Waals surface area (Å²) in [4.78, 5) is 32.8. The van der Waals surface area contributed by atoms with Crippen molar-refractivity contribution >= 4 is 29.2 Å². The molecule has 0 aromatic heterocycles. The number of primary amides is 1. The highest BCUT2D eigenvalue weighted by atomic mass is 35.5. The number of nitrogens with two attached hydrogens (primary N) is 1. The minimum atomic E-state index is -0.542. The van der Waals surface area contributed by atoms with Crippen molar-refractivity contribution in [3.8, 4) is 12.8 Å². The highest BCUT2D eigenvalue weighted by Crippen LogP contribution is 2.10. The molecule has 1 aromatic carbocycles. The predicted molar refractivity (Wildman–Crippen MR) is 121 cm³/mol. The number of unbranched alkanes of at least 4 members (excludes halogenated alkanes) is 4. The Bertz CT molecular complexity index is 584. The van der Waals surface area contributed by atoms with Crippen LogP contribution in [0.3, 0.4) is 0 Å². The van der Waals surface area contributed by atoms with E-state index >= 15 is 0 Å². The van der Waals surface area contributed by atoms with Gasteiger partial charge in [-0.1, -0.05) is 62.9 Å². The maximum atomic E-state index is 11.9. The third kappa shape index (κ3) is 20.2. The highest BCUT2D eigenvalue weighted by molar-refractivity contribution is 6.31. The van der Waals surface area contributed by atoms with Gasteiger partial charge >= 0.3 is 0 Å². The van der Waals surface area contributed by atoms with Gasteiger partial charge in [-0.3, -0.25) is 14.4 Å². The van der Waals surface area contributed by atoms with Gasteiger partial charge in [-0.15, -0.1) is 24.4 Å². The molecule has 29 heavy (non-hydrogen) atoms. The molecule has 0 bridgehead atoms. The van der Waals surface area contributed by atoms with Crippen molar-refractivity contribution in [3.63, 3.8) is 0 Å². The molecule has 0 radical (unpaired) electrons. The van der Waals surface area contributed by atoms with Crippen LogP contribution < -0.4 is 11.1 Å². The second-order valence-electron chi connectivity index (χ2n) is 6.51. The van der Waals surface area contributed by atoms with E-state index in [1.807, 2.05) is 30.3 Å². The molecule has 1 rings (SSSR count). The number of aryl methyl sites for hydroxylation is 1. The van der Waals surface area contributed by atoms with Crippen molar-refractivity contribution in [1.82, 2.24) is 5.32 Å². The molecule has 3 N–H and O–H groups in total. The van der Waals surface area contributed by atoms with Gasteiger partial charge in [0.1, 0.15) is 0 Å². The number of rotatable bonds is 12. The van der Waals surface area contributed by atoms with Gasteiger partial charge in [0, 0.05) is 13.3 Å². The van der Waals surface area contributed by atoms with E-state index in [4.69, 9.17) is 11.6 Å². The second-order valence-corrected chi connectivity index (χ2v) is 7.04. The first-order valence-corrected chi connectivity index (χ1v) is 10.4. The lowest BCUT2D eigenvalue weighted by Gasteiger charge is -2.10. The molecule has 1 atom stereocenters. The Morgan fingerprint density at radius 2 is 1.62 bits per heavy atom. The van der Waals surface area contributed by atoms with Crippen LogP contribution in [0, 0.1) is 12.8 Å². The van der Waals surface area contributed by atoms with Gasteiger partial charge in [-0.25, -0.2) is 0 Å². The van der Waals surface area contributed by atoms with Gasteiger partial charge < -0.3 is 11.1 Å². The van der Waals surface area contributed by atoms with E-state index in [1.165, 1.54) is 31.7 Å². The molecule has 1 aromatic rings. The van der Waals surface area contributed by atoms with Crippen LogP contribution in [0.5, 0.6) is 0 Å². The van der Waals surface area contributed by atoms with Gasteiger partial charge in [0.25, 0.3) is 0 Å². The summed E-state index contributed by atoms with van der Waals surface area (Å²) < 4.78 is 0. The number of alkyl halides is 1. The average Bonchev–Trinajstić information content (AvgIpc) is 2.72. The number of terminal acetylenes is 1. The van der Waals surface area contributed by atoms with Gasteiger partial charge in [-0.05, 0) is 24.8 Å². The Balaban J connectivity index is 0. The van der Waals surface area contributed by atoms with E-state index in [9.17, 15) is 14.4 Å². The van der Waals surface area contributed by atoms with Crippen LogP contribution in [0.1, 0.15) is 64.4 Å². The third-order valence-corrected chi connectivity index (χ3v) is 4.31. The molecule has 0 aliphatic heterocycles. The summed E-state index contributed by atoms with van der Waals surface area (Å²) in [5.41, 5.74) is 5.64. The lowest BCUT2D eigenvalue weighted by molar-refractivity contribution is -0.125. The van der Waals surface area contributed by atoms with E-state index < -0.39 is 5.38 Å². The molecule has 1 unspecified atom stereocenters. The van der Waals surface area contributed by atoms with Crippen molar-refractivity contribution in [2.24, 2.45) is 5.73 Å². The molecule has 0 saturated heterocycles. The Labute approximate surface area is 180 Å². The van der Waals surface area contributed by atoms with Crippen molar-refractivity contribution in [2.45, 2.75) is 70.6 Å². The number of benzene rings is 1. The zero-order chi connectivity index (χ0) is 22.5. The fourth-order valence-electron chi connectivity index (χ4n) is 2.37. The van der Waals surface area contributed by atoms with Crippen molar-refractivity contribution in [3.05, 3.63) is 35.9 Å². The van der Waals surface area contributed by atoms with Gasteiger partial charge in [0.15, 0.2) is 5.78 Å². The van der Waals surface area contributed by atoms with Crippen LogP contribution in [0.25, 0.3) is 0 Å². The fraction of sp³-hybridized carbons (Fsp3) is 0.522. The maximum Gasteiger partial charge on any atom is 0.220 e. The van der Waals surface area contributed by atoms with Crippen LogP contribution in [0.4, 0.5) is 0 Å². The van der Waals surface area contributed by atoms with Crippen LogP contribution in [-0.4, -0.2) is 29.5 Å². The fourth-order valence-corrected chi connectivity index (χ4v) is 2.56. The molecule has 6 heteroatoms. The van der Waals surface area contributed by atoms with Crippen LogP contribution in [0.15, 0.2) is 30.3 Å². The van der Waals surface area contributed by atoms with Crippen LogP contribution in [0.2, 0.25) is 0 Å². The standard InChI is InChI=1S/C19H28ClNO2.C2H5NO.C2H2/c1-2-3-4-5-9-12-19(23)21-15-18(22)17(20)14-13-16-10-7-6-8-11-16;1-2(3)4;1-2/h6-8,10-11,17H,2-5,9,12-15H2,1H3,(H,21,23);1H3,(H2,3,4);1-2H. The average molecular weight is 423 g/mol. The molecule has 0 saturated carbocycles. The predicted octanol–water partition coefficient (Wildman–Crippen LogP) is 4.01. The molecule has 0 heterocycles. The summed E-state index contributed by atoms with van der Waals surface area (Å²) in [5, 5.41) is 2.14. The topological polar surface area (TPSA) is 89.3 Å². The molecule has 2 amide bonds. The molecule has 5 nitrogen and oxygen atoms in total. The zero-order valence-corrected chi connectivity index (χ0v) is 18.4. The summed E-state index contributed by atoms with van der Waals surface area (Å²) in [6, 6.07) is 9.95. The number of amides is 2. The SMILES string of the molecule is C#C.CC(N)=O.CCCCCCCC(=O)NCC(=O)C(Cl)CCc1ccccc1. The molecule has 0 aliphatic carbocycles.